The summed E-state index contributed by atoms with van der Waals surface area (Å²) < 4.78 is 1.73. The Bertz CT molecular complexity index is 966. The van der Waals surface area contributed by atoms with Crippen molar-refractivity contribution in [1.29, 1.82) is 0 Å². The molecule has 0 fully saturated rings. The van der Waals surface area contributed by atoms with Gasteiger partial charge >= 0.3 is 0 Å². The lowest BCUT2D eigenvalue weighted by Gasteiger charge is -2.17. The number of benzene rings is 1. The van der Waals surface area contributed by atoms with E-state index in [9.17, 15) is 9.90 Å². The molecule has 0 saturated heterocycles. The van der Waals surface area contributed by atoms with Crippen LogP contribution in [0.4, 0.5) is 5.69 Å². The van der Waals surface area contributed by atoms with Gasteiger partial charge in [-0.05, 0) is 49.2 Å². The highest BCUT2D eigenvalue weighted by Crippen LogP contribution is 2.24. The van der Waals surface area contributed by atoms with Gasteiger partial charge in [0.1, 0.15) is 0 Å². The highest BCUT2D eigenvalue weighted by Gasteiger charge is 2.15. The van der Waals surface area contributed by atoms with Crippen molar-refractivity contribution in [3.05, 3.63) is 72.3 Å². The Labute approximate surface area is 158 Å². The molecule has 0 spiro atoms. The lowest BCUT2D eigenvalue weighted by Crippen LogP contribution is -2.15. The van der Waals surface area contributed by atoms with Gasteiger partial charge in [0, 0.05) is 48.5 Å². The van der Waals surface area contributed by atoms with Gasteiger partial charge in [-0.1, -0.05) is 12.1 Å². The topological polar surface area (TPSA) is 80.0 Å². The molecule has 6 heteroatoms. The summed E-state index contributed by atoms with van der Waals surface area (Å²) in [5.74, 6) is -0.244. The minimum atomic E-state index is -0.911. The van der Waals surface area contributed by atoms with Crippen molar-refractivity contribution >= 4 is 17.7 Å². The predicted octanol–water partition coefficient (Wildman–Crippen LogP) is 3.36. The van der Waals surface area contributed by atoms with E-state index < -0.39 is 5.60 Å². The van der Waals surface area contributed by atoms with Crippen molar-refractivity contribution in [1.82, 2.24) is 14.8 Å². The van der Waals surface area contributed by atoms with Crippen molar-refractivity contribution in [2.24, 2.45) is 7.05 Å². The lowest BCUT2D eigenvalue weighted by atomic mass is 9.98. The Morgan fingerprint density at radius 1 is 1.19 bits per heavy atom. The number of nitrogens with zero attached hydrogens (tertiary/aromatic N) is 3. The number of nitrogens with one attached hydrogen (secondary N) is 1. The monoisotopic (exact) mass is 362 g/mol. The molecular formula is C21H22N4O2. The number of rotatable bonds is 5. The maximum absolute atomic E-state index is 12.2. The molecule has 2 heterocycles. The van der Waals surface area contributed by atoms with Crippen LogP contribution >= 0.6 is 0 Å². The second-order valence-electron chi connectivity index (χ2n) is 6.82. The second kappa shape index (κ2) is 7.55. The molecule has 2 N–H and O–H groups in total. The van der Waals surface area contributed by atoms with Crippen LogP contribution in [-0.2, 0) is 17.4 Å². The summed E-state index contributed by atoms with van der Waals surface area (Å²) in [6.07, 6.45) is 10.3. The number of aromatic nitrogens is 3. The van der Waals surface area contributed by atoms with Gasteiger partial charge in [0.15, 0.2) is 0 Å². The van der Waals surface area contributed by atoms with Crippen LogP contribution in [0.2, 0.25) is 0 Å². The van der Waals surface area contributed by atoms with E-state index in [1.54, 1.807) is 67.5 Å². The van der Waals surface area contributed by atoms with E-state index in [4.69, 9.17) is 0 Å². The van der Waals surface area contributed by atoms with Gasteiger partial charge in [-0.2, -0.15) is 5.10 Å². The second-order valence-corrected chi connectivity index (χ2v) is 6.82. The summed E-state index contributed by atoms with van der Waals surface area (Å²) in [7, 11) is 1.86. The maximum Gasteiger partial charge on any atom is 0.248 e. The van der Waals surface area contributed by atoms with E-state index in [0.717, 1.165) is 22.3 Å². The Kier molecular flexibility index (Phi) is 5.19. The molecule has 1 amide bonds. The summed E-state index contributed by atoms with van der Waals surface area (Å²) in [5, 5.41) is 17.0. The normalized spacial score (nSPS) is 11.7. The third-order valence-electron chi connectivity index (χ3n) is 4.14. The van der Waals surface area contributed by atoms with Crippen LogP contribution in [0.5, 0.6) is 0 Å². The number of aryl methyl sites for hydroxylation is 1. The van der Waals surface area contributed by atoms with E-state index in [0.29, 0.717) is 5.69 Å². The number of hydrogen-bond acceptors (Lipinski definition) is 4. The molecule has 1 aromatic carbocycles. The van der Waals surface area contributed by atoms with Gasteiger partial charge in [-0.25, -0.2) is 0 Å². The number of anilines is 1. The summed E-state index contributed by atoms with van der Waals surface area (Å²) in [5.41, 5.74) is 3.28. The highest BCUT2D eigenvalue weighted by molar-refractivity contribution is 6.02. The fourth-order valence-electron chi connectivity index (χ4n) is 2.67. The highest BCUT2D eigenvalue weighted by atomic mass is 16.3. The van der Waals surface area contributed by atoms with Crippen LogP contribution < -0.4 is 5.32 Å². The summed E-state index contributed by atoms with van der Waals surface area (Å²) in [6, 6.07) is 9.01. The molecular weight excluding hydrogens is 340 g/mol. The molecule has 0 aliphatic carbocycles. The minimum absolute atomic E-state index is 0.244. The van der Waals surface area contributed by atoms with Gasteiger partial charge < -0.3 is 10.4 Å². The first-order valence-electron chi connectivity index (χ1n) is 8.58. The van der Waals surface area contributed by atoms with Gasteiger partial charge in [0.05, 0.1) is 11.8 Å². The lowest BCUT2D eigenvalue weighted by molar-refractivity contribution is -0.111. The van der Waals surface area contributed by atoms with E-state index >= 15 is 0 Å². The van der Waals surface area contributed by atoms with Crippen LogP contribution in [0.25, 0.3) is 17.2 Å². The van der Waals surface area contributed by atoms with Gasteiger partial charge in [0.2, 0.25) is 5.91 Å². The van der Waals surface area contributed by atoms with Crippen molar-refractivity contribution in [2.75, 3.05) is 5.32 Å². The number of amides is 1. The smallest absolute Gasteiger partial charge is 0.248 e. The average molecular weight is 362 g/mol. The van der Waals surface area contributed by atoms with Crippen LogP contribution in [0, 0.1) is 0 Å². The average Bonchev–Trinajstić information content (AvgIpc) is 3.06. The van der Waals surface area contributed by atoms with E-state index in [1.807, 2.05) is 19.3 Å². The first-order chi connectivity index (χ1) is 12.8. The molecule has 6 nitrogen and oxygen atoms in total. The summed E-state index contributed by atoms with van der Waals surface area (Å²) >= 11 is 0. The van der Waals surface area contributed by atoms with Crippen LogP contribution in [-0.4, -0.2) is 25.8 Å². The first kappa shape index (κ1) is 18.5. The number of hydrogen-bond donors (Lipinski definition) is 2. The predicted molar refractivity (Wildman–Crippen MR) is 106 cm³/mol. The summed E-state index contributed by atoms with van der Waals surface area (Å²) in [6.45, 7) is 3.44. The molecule has 0 saturated carbocycles. The quantitative estimate of drug-likeness (QED) is 0.682. The standard InChI is InChI=1S/C21H22N4O2/c1-21(2,27)17-5-7-18(8-6-17)24-20(26)9-4-15-12-22-11-10-19(15)16-13-23-25(3)14-16/h4-14,27H,1-3H3,(H,24,26)/b9-4+. The Morgan fingerprint density at radius 2 is 1.93 bits per heavy atom. The van der Waals surface area contributed by atoms with Gasteiger partial charge in [-0.15, -0.1) is 0 Å². The molecule has 3 rings (SSSR count). The molecule has 138 valence electrons. The fourth-order valence-corrected chi connectivity index (χ4v) is 2.67. The van der Waals surface area contributed by atoms with Gasteiger partial charge in [-0.3, -0.25) is 14.5 Å². The van der Waals surface area contributed by atoms with E-state index in [-0.39, 0.29) is 5.91 Å². The van der Waals surface area contributed by atoms with Crippen molar-refractivity contribution in [3.8, 4) is 11.1 Å². The molecule has 0 unspecified atom stereocenters. The fraction of sp³-hybridized carbons (Fsp3) is 0.190. The van der Waals surface area contributed by atoms with E-state index in [1.165, 1.54) is 6.08 Å². The van der Waals surface area contributed by atoms with Crippen LogP contribution in [0.3, 0.4) is 0 Å². The third kappa shape index (κ3) is 4.68. The number of carbonyl (C=O) groups excluding carboxylic acids is 1. The Morgan fingerprint density at radius 3 is 2.56 bits per heavy atom. The van der Waals surface area contributed by atoms with Crippen molar-refractivity contribution in [2.45, 2.75) is 19.4 Å². The molecule has 0 bridgehead atoms. The zero-order valence-electron chi connectivity index (χ0n) is 15.5. The van der Waals surface area contributed by atoms with Crippen molar-refractivity contribution in [3.63, 3.8) is 0 Å². The molecule has 27 heavy (non-hydrogen) atoms. The Hall–Kier alpha value is -3.25. The number of aliphatic hydroxyl groups is 1. The first-order valence-corrected chi connectivity index (χ1v) is 8.58. The molecule has 0 radical (unpaired) electrons. The largest absolute Gasteiger partial charge is 0.386 e. The van der Waals surface area contributed by atoms with Gasteiger partial charge in [0.25, 0.3) is 0 Å². The van der Waals surface area contributed by atoms with E-state index in [2.05, 4.69) is 15.4 Å². The van der Waals surface area contributed by atoms with Crippen molar-refractivity contribution < 1.29 is 9.90 Å². The maximum atomic E-state index is 12.2. The molecule has 0 aliphatic rings. The SMILES string of the molecule is Cn1cc(-c2ccncc2/C=C/C(=O)Nc2ccc(C(C)(C)O)cc2)cn1. The Balaban J connectivity index is 1.72. The third-order valence-corrected chi connectivity index (χ3v) is 4.14. The van der Waals surface area contributed by atoms with Crippen LogP contribution in [0.1, 0.15) is 25.0 Å². The molecule has 0 aliphatic heterocycles. The minimum Gasteiger partial charge on any atom is -0.386 e. The zero-order chi connectivity index (χ0) is 19.4. The number of carbonyl (C=O) groups is 1. The van der Waals surface area contributed by atoms with Crippen LogP contribution in [0.15, 0.2) is 61.2 Å². The molecule has 2 aromatic heterocycles. The summed E-state index contributed by atoms with van der Waals surface area (Å²) in [4.78, 5) is 16.4. The zero-order valence-corrected chi connectivity index (χ0v) is 15.5. The number of pyridine rings is 1. The molecule has 3 aromatic rings. The molecule has 0 atom stereocenters.